The molecule has 0 aromatic carbocycles. The van der Waals surface area contributed by atoms with Crippen molar-refractivity contribution in [3.63, 3.8) is 0 Å². The van der Waals surface area contributed by atoms with Crippen LogP contribution in [0.3, 0.4) is 0 Å². The zero-order valence-electron chi connectivity index (χ0n) is 10.2. The molecule has 1 unspecified atom stereocenters. The second kappa shape index (κ2) is 7.20. The number of rotatable bonds is 6. The van der Waals surface area contributed by atoms with Crippen molar-refractivity contribution in [2.75, 3.05) is 33.3 Å². The zero-order chi connectivity index (χ0) is 11.1. The third-order valence-corrected chi connectivity index (χ3v) is 3.53. The van der Waals surface area contributed by atoms with Gasteiger partial charge >= 0.3 is 0 Å². The van der Waals surface area contributed by atoms with Crippen LogP contribution >= 0.6 is 0 Å². The highest BCUT2D eigenvalue weighted by Gasteiger charge is 2.16. The van der Waals surface area contributed by atoms with Crippen LogP contribution in [0.25, 0.3) is 0 Å². The Kier molecular flexibility index (Phi) is 6.22. The Morgan fingerprint density at radius 1 is 1.40 bits per heavy atom. The van der Waals surface area contributed by atoms with Crippen molar-refractivity contribution in [1.82, 2.24) is 10.2 Å². The van der Waals surface area contributed by atoms with Crippen molar-refractivity contribution in [1.29, 1.82) is 0 Å². The Labute approximate surface area is 93.9 Å². The van der Waals surface area contributed by atoms with Gasteiger partial charge < -0.3 is 15.3 Å². The molecule has 1 heterocycles. The predicted molar refractivity (Wildman–Crippen MR) is 64.0 cm³/mol. The van der Waals surface area contributed by atoms with Crippen molar-refractivity contribution in [3.05, 3.63) is 0 Å². The fraction of sp³-hybridized carbons (Fsp3) is 1.00. The molecule has 0 saturated carbocycles. The number of aliphatic hydroxyl groups excluding tert-OH is 1. The number of hydrogen-bond acceptors (Lipinski definition) is 3. The fourth-order valence-corrected chi connectivity index (χ4v) is 2.18. The van der Waals surface area contributed by atoms with Crippen LogP contribution < -0.4 is 5.32 Å². The molecule has 1 rings (SSSR count). The maximum absolute atomic E-state index is 8.91. The van der Waals surface area contributed by atoms with Gasteiger partial charge in [-0.15, -0.1) is 0 Å². The number of aliphatic hydroxyl groups is 1. The lowest BCUT2D eigenvalue weighted by atomic mass is 10.0. The van der Waals surface area contributed by atoms with Crippen molar-refractivity contribution >= 4 is 0 Å². The van der Waals surface area contributed by atoms with E-state index >= 15 is 0 Å². The van der Waals surface area contributed by atoms with Crippen LogP contribution in [0.2, 0.25) is 0 Å². The van der Waals surface area contributed by atoms with E-state index in [9.17, 15) is 0 Å². The normalized spacial score (nSPS) is 21.8. The first kappa shape index (κ1) is 12.9. The second-order valence-corrected chi connectivity index (χ2v) is 4.77. The van der Waals surface area contributed by atoms with Crippen LogP contribution in [0.1, 0.15) is 32.6 Å². The zero-order valence-corrected chi connectivity index (χ0v) is 10.2. The number of nitrogens with one attached hydrogen (secondary N) is 1. The molecular weight excluding hydrogens is 188 g/mol. The molecular formula is C12H26N2O. The minimum absolute atomic E-state index is 0.327. The highest BCUT2D eigenvalue weighted by molar-refractivity contribution is 4.76. The lowest BCUT2D eigenvalue weighted by molar-refractivity contribution is 0.217. The molecule has 1 atom stereocenters. The van der Waals surface area contributed by atoms with Gasteiger partial charge in [-0.25, -0.2) is 0 Å². The quantitative estimate of drug-likeness (QED) is 0.694. The minimum atomic E-state index is 0.327. The summed E-state index contributed by atoms with van der Waals surface area (Å²) in [5, 5.41) is 12.5. The standard InChI is InChI=1S/C12H26N2O/c1-3-11(6-9-15)10-13-12-4-7-14(2)8-5-12/h11-13,15H,3-10H2,1-2H3. The number of piperidine rings is 1. The van der Waals surface area contributed by atoms with Crippen molar-refractivity contribution < 1.29 is 5.11 Å². The summed E-state index contributed by atoms with van der Waals surface area (Å²) in [4.78, 5) is 2.39. The van der Waals surface area contributed by atoms with Crippen LogP contribution in [-0.2, 0) is 0 Å². The first-order valence-corrected chi connectivity index (χ1v) is 6.29. The van der Waals surface area contributed by atoms with Crippen LogP contribution in [0.5, 0.6) is 0 Å². The van der Waals surface area contributed by atoms with Crippen molar-refractivity contribution in [2.45, 2.75) is 38.6 Å². The van der Waals surface area contributed by atoms with E-state index in [0.29, 0.717) is 18.6 Å². The van der Waals surface area contributed by atoms with Crippen molar-refractivity contribution in [3.8, 4) is 0 Å². The number of likely N-dealkylation sites (tertiary alicyclic amines) is 1. The molecule has 2 N–H and O–H groups in total. The monoisotopic (exact) mass is 214 g/mol. The van der Waals surface area contributed by atoms with E-state index < -0.39 is 0 Å². The largest absolute Gasteiger partial charge is 0.396 e. The van der Waals surface area contributed by atoms with Crippen LogP contribution in [0.4, 0.5) is 0 Å². The van der Waals surface area contributed by atoms with Gasteiger partial charge in [0.2, 0.25) is 0 Å². The van der Waals surface area contributed by atoms with Crippen molar-refractivity contribution in [2.24, 2.45) is 5.92 Å². The molecule has 0 aromatic rings. The van der Waals surface area contributed by atoms with E-state index in [1.165, 1.54) is 32.4 Å². The molecule has 0 bridgehead atoms. The summed E-state index contributed by atoms with van der Waals surface area (Å²) in [5.41, 5.74) is 0. The molecule has 0 aromatic heterocycles. The summed E-state index contributed by atoms with van der Waals surface area (Å²) < 4.78 is 0. The predicted octanol–water partition coefficient (Wildman–Crippen LogP) is 1.08. The first-order valence-electron chi connectivity index (χ1n) is 6.29. The van der Waals surface area contributed by atoms with Gasteiger partial charge in [-0.3, -0.25) is 0 Å². The molecule has 1 aliphatic heterocycles. The van der Waals surface area contributed by atoms with E-state index in [-0.39, 0.29) is 0 Å². The Hall–Kier alpha value is -0.120. The Morgan fingerprint density at radius 3 is 2.60 bits per heavy atom. The van der Waals surface area contributed by atoms with Crippen LogP contribution in [-0.4, -0.2) is 49.3 Å². The fourth-order valence-electron chi connectivity index (χ4n) is 2.18. The van der Waals surface area contributed by atoms with E-state index in [0.717, 1.165) is 13.0 Å². The molecule has 1 saturated heterocycles. The van der Waals surface area contributed by atoms with Gasteiger partial charge in [0.05, 0.1) is 0 Å². The molecule has 3 nitrogen and oxygen atoms in total. The topological polar surface area (TPSA) is 35.5 Å². The second-order valence-electron chi connectivity index (χ2n) is 4.77. The van der Waals surface area contributed by atoms with Gasteiger partial charge in [0.15, 0.2) is 0 Å². The van der Waals surface area contributed by atoms with E-state index in [2.05, 4.69) is 24.2 Å². The van der Waals surface area contributed by atoms with Gasteiger partial charge in [0.25, 0.3) is 0 Å². The lowest BCUT2D eigenvalue weighted by Crippen LogP contribution is -2.42. The molecule has 0 amide bonds. The lowest BCUT2D eigenvalue weighted by Gasteiger charge is -2.30. The summed E-state index contributed by atoms with van der Waals surface area (Å²) in [6.07, 6.45) is 4.65. The maximum atomic E-state index is 8.91. The summed E-state index contributed by atoms with van der Waals surface area (Å²) >= 11 is 0. The van der Waals surface area contributed by atoms with Gasteiger partial charge in [0, 0.05) is 12.6 Å². The molecule has 1 aliphatic rings. The van der Waals surface area contributed by atoms with E-state index in [1.807, 2.05) is 0 Å². The van der Waals surface area contributed by atoms with Crippen LogP contribution in [0, 0.1) is 5.92 Å². The van der Waals surface area contributed by atoms with Gasteiger partial charge in [0.1, 0.15) is 0 Å². The highest BCUT2D eigenvalue weighted by atomic mass is 16.3. The highest BCUT2D eigenvalue weighted by Crippen LogP contribution is 2.11. The first-order chi connectivity index (χ1) is 7.26. The molecule has 1 fully saturated rings. The minimum Gasteiger partial charge on any atom is -0.396 e. The molecule has 0 aliphatic carbocycles. The molecule has 0 radical (unpaired) electrons. The SMILES string of the molecule is CCC(CCO)CNC1CCN(C)CC1. The average molecular weight is 214 g/mol. The molecule has 90 valence electrons. The average Bonchev–Trinajstić information content (AvgIpc) is 2.26. The number of nitrogens with zero attached hydrogens (tertiary/aromatic N) is 1. The van der Waals surface area contributed by atoms with E-state index in [1.54, 1.807) is 0 Å². The molecule has 3 heteroatoms. The van der Waals surface area contributed by atoms with Gasteiger partial charge in [-0.05, 0) is 51.9 Å². The number of hydrogen-bond donors (Lipinski definition) is 2. The van der Waals surface area contributed by atoms with E-state index in [4.69, 9.17) is 5.11 Å². The summed E-state index contributed by atoms with van der Waals surface area (Å²) in [6, 6.07) is 0.703. The summed E-state index contributed by atoms with van der Waals surface area (Å²) in [5.74, 6) is 0.648. The summed E-state index contributed by atoms with van der Waals surface area (Å²) in [6.45, 7) is 6.04. The summed E-state index contributed by atoms with van der Waals surface area (Å²) in [7, 11) is 2.19. The third-order valence-electron chi connectivity index (χ3n) is 3.53. The smallest absolute Gasteiger partial charge is 0.0434 e. The third kappa shape index (κ3) is 4.96. The molecule has 0 spiro atoms. The Balaban J connectivity index is 2.12. The Morgan fingerprint density at radius 2 is 2.07 bits per heavy atom. The molecule has 15 heavy (non-hydrogen) atoms. The van der Waals surface area contributed by atoms with Gasteiger partial charge in [-0.1, -0.05) is 13.3 Å². The Bertz CT molecular complexity index is 156. The maximum Gasteiger partial charge on any atom is 0.0434 e. The van der Waals surface area contributed by atoms with Crippen LogP contribution in [0.15, 0.2) is 0 Å². The van der Waals surface area contributed by atoms with Gasteiger partial charge in [-0.2, -0.15) is 0 Å².